The van der Waals surface area contributed by atoms with Crippen molar-refractivity contribution in [3.63, 3.8) is 0 Å². The summed E-state index contributed by atoms with van der Waals surface area (Å²) in [6.45, 7) is 4.30. The molecule has 12 heteroatoms. The zero-order chi connectivity index (χ0) is 34.1. The highest BCUT2D eigenvalue weighted by molar-refractivity contribution is 7.94. The highest BCUT2D eigenvalue weighted by atomic mass is 32.2. The van der Waals surface area contributed by atoms with Gasteiger partial charge in [0, 0.05) is 52.8 Å². The first kappa shape index (κ1) is 33.8. The third kappa shape index (κ3) is 8.43. The summed E-state index contributed by atoms with van der Waals surface area (Å²) in [5.74, 6) is 3.16. The van der Waals surface area contributed by atoms with Crippen LogP contribution in [0.2, 0.25) is 0 Å². The Balaban J connectivity index is 1.35. The van der Waals surface area contributed by atoms with Crippen molar-refractivity contribution in [3.8, 4) is 11.8 Å². The fourth-order valence-corrected chi connectivity index (χ4v) is 6.95. The van der Waals surface area contributed by atoms with E-state index in [1.807, 2.05) is 0 Å². The molecule has 5 rings (SSSR count). The molecule has 246 valence electrons. The van der Waals surface area contributed by atoms with E-state index < -0.39 is 33.2 Å². The van der Waals surface area contributed by atoms with Gasteiger partial charge >= 0.3 is 5.97 Å². The minimum absolute atomic E-state index is 0.0492. The lowest BCUT2D eigenvalue weighted by atomic mass is 9.98. The van der Waals surface area contributed by atoms with Crippen LogP contribution < -0.4 is 5.32 Å². The number of piperidine rings is 1. The molecule has 4 aromatic rings. The fraction of sp³-hybridized carbons (Fsp3) is 0.250. The highest BCUT2D eigenvalue weighted by Gasteiger charge is 2.31. The molecule has 0 bridgehead atoms. The lowest BCUT2D eigenvalue weighted by Gasteiger charge is -2.31. The number of nitrogens with zero attached hydrogens (tertiary/aromatic N) is 3. The molecule has 1 fully saturated rings. The van der Waals surface area contributed by atoms with Gasteiger partial charge in [0.2, 0.25) is 5.91 Å². The third-order valence-electron chi connectivity index (χ3n) is 7.58. The minimum Gasteiger partial charge on any atom is -0.466 e. The summed E-state index contributed by atoms with van der Waals surface area (Å²) in [6, 6.07) is 18.3. The summed E-state index contributed by atoms with van der Waals surface area (Å²) >= 11 is 0. The molecule has 1 saturated heterocycles. The van der Waals surface area contributed by atoms with Gasteiger partial charge in [0.25, 0.3) is 11.8 Å². The summed E-state index contributed by atoms with van der Waals surface area (Å²) in [4.78, 5) is 57.6. The van der Waals surface area contributed by atoms with E-state index in [1.54, 1.807) is 74.5 Å². The van der Waals surface area contributed by atoms with Gasteiger partial charge < -0.3 is 19.4 Å². The number of furan rings is 1. The van der Waals surface area contributed by atoms with Gasteiger partial charge in [0.15, 0.2) is 5.76 Å². The van der Waals surface area contributed by atoms with Crippen molar-refractivity contribution in [1.82, 2.24) is 9.88 Å². The van der Waals surface area contributed by atoms with Crippen LogP contribution >= 0.6 is 0 Å². The predicted octanol–water partition coefficient (Wildman–Crippen LogP) is 5.10. The Bertz CT molecular complexity index is 2020. The largest absolute Gasteiger partial charge is 0.466 e. The van der Waals surface area contributed by atoms with E-state index in [9.17, 15) is 23.4 Å². The van der Waals surface area contributed by atoms with Crippen LogP contribution in [0, 0.1) is 24.7 Å². The second-order valence-electron chi connectivity index (χ2n) is 11.1. The summed E-state index contributed by atoms with van der Waals surface area (Å²) in [5, 5.41) is 2.78. The number of aromatic nitrogens is 1. The Kier molecular flexibility index (Phi) is 10.8. The number of pyridine rings is 1. The number of carbonyl (C=O) groups is 4. The number of hydrogen-bond donors (Lipinski definition) is 1. The van der Waals surface area contributed by atoms with Crippen LogP contribution in [0.1, 0.15) is 57.4 Å². The maximum Gasteiger partial charge on any atom is 0.310 e. The van der Waals surface area contributed by atoms with Gasteiger partial charge in [-0.15, -0.1) is 0 Å². The summed E-state index contributed by atoms with van der Waals surface area (Å²) < 4.78 is 28.8. The molecule has 1 N–H and O–H groups in total. The Morgan fingerprint density at radius 2 is 1.83 bits per heavy atom. The SMILES string of the molecule is CCOC(=O)[C@H]1CCCN(C(=O)CS(=O)(=NC(=O)c2cncc(C#Cc3cccc(NC(=O)c4occc4C)c3)c2)c2ccccc2)C1. The maximum atomic E-state index is 14.3. The molecule has 0 saturated carbocycles. The first-order valence-corrected chi connectivity index (χ1v) is 17.0. The van der Waals surface area contributed by atoms with E-state index in [0.29, 0.717) is 36.2 Å². The number of likely N-dealkylation sites (tertiary alicyclic amines) is 1. The fourth-order valence-electron chi connectivity index (χ4n) is 5.14. The van der Waals surface area contributed by atoms with Gasteiger partial charge in [-0.25, -0.2) is 4.21 Å². The maximum absolute atomic E-state index is 14.3. The molecule has 0 aliphatic carbocycles. The Morgan fingerprint density at radius 1 is 1.04 bits per heavy atom. The highest BCUT2D eigenvalue weighted by Crippen LogP contribution is 2.22. The van der Waals surface area contributed by atoms with Crippen molar-refractivity contribution < 1.29 is 32.5 Å². The molecule has 1 aliphatic heterocycles. The monoisotopic (exact) mass is 666 g/mol. The third-order valence-corrected chi connectivity index (χ3v) is 9.69. The molecule has 1 aliphatic rings. The van der Waals surface area contributed by atoms with E-state index in [1.165, 1.54) is 29.6 Å². The van der Waals surface area contributed by atoms with Crippen LogP contribution in [0.15, 0.2) is 99.1 Å². The molecule has 48 heavy (non-hydrogen) atoms. The molecule has 0 spiro atoms. The van der Waals surface area contributed by atoms with Crippen LogP contribution in [-0.4, -0.2) is 63.2 Å². The molecular weight excluding hydrogens is 632 g/mol. The number of benzene rings is 2. The second-order valence-corrected chi connectivity index (χ2v) is 13.3. The molecule has 0 radical (unpaired) electrons. The van der Waals surface area contributed by atoms with E-state index in [-0.39, 0.29) is 41.2 Å². The van der Waals surface area contributed by atoms with Gasteiger partial charge in [-0.2, -0.15) is 4.36 Å². The molecule has 2 aromatic carbocycles. The normalized spacial score (nSPS) is 15.3. The molecule has 1 unspecified atom stereocenters. The number of hydrogen-bond acceptors (Lipinski definition) is 8. The number of ether oxygens (including phenoxy) is 1. The average Bonchev–Trinajstić information content (AvgIpc) is 3.54. The van der Waals surface area contributed by atoms with Crippen molar-refractivity contribution in [2.24, 2.45) is 10.3 Å². The number of aryl methyl sites for hydroxylation is 1. The standard InChI is InChI=1S/C36H34N4O7S/c1-3-46-36(44)28-10-8-17-40(23-28)32(41)24-48(45,31-12-5-4-6-13-31)39-34(42)29-19-27(21-37-22-29)15-14-26-9-7-11-30(20-26)38-35(43)33-25(2)16-18-47-33/h4-7,9,11-13,16,18-22,28H,3,8,10,17,23-24H2,1-2H3,(H,38,43)/t28-,48?/m0/s1. The topological polar surface area (TPSA) is 148 Å². The zero-order valence-corrected chi connectivity index (χ0v) is 27.3. The van der Waals surface area contributed by atoms with Gasteiger partial charge in [-0.1, -0.05) is 36.1 Å². The quantitative estimate of drug-likeness (QED) is 0.202. The van der Waals surface area contributed by atoms with Gasteiger partial charge in [-0.3, -0.25) is 24.2 Å². The molecule has 2 atom stereocenters. The molecule has 3 heterocycles. The van der Waals surface area contributed by atoms with Crippen molar-refractivity contribution in [2.45, 2.75) is 31.6 Å². The van der Waals surface area contributed by atoms with E-state index in [0.717, 1.165) is 5.56 Å². The summed E-state index contributed by atoms with van der Waals surface area (Å²) in [5.41, 5.74) is 2.29. The molecule has 11 nitrogen and oxygen atoms in total. The van der Waals surface area contributed by atoms with Crippen LogP contribution in [0.25, 0.3) is 0 Å². The molecule has 2 aromatic heterocycles. The van der Waals surface area contributed by atoms with Crippen LogP contribution in [-0.2, 0) is 24.1 Å². The number of carbonyl (C=O) groups excluding carboxylic acids is 4. The lowest BCUT2D eigenvalue weighted by molar-refractivity contribution is -0.151. The number of nitrogens with one attached hydrogen (secondary N) is 1. The summed E-state index contributed by atoms with van der Waals surface area (Å²) in [6.07, 6.45) is 5.42. The van der Waals surface area contributed by atoms with Crippen molar-refractivity contribution in [3.05, 3.63) is 113 Å². The number of anilines is 1. The zero-order valence-electron chi connectivity index (χ0n) is 26.5. The molecule has 3 amide bonds. The first-order valence-electron chi connectivity index (χ1n) is 15.4. The van der Waals surface area contributed by atoms with Gasteiger partial charge in [0.05, 0.1) is 34.1 Å². The van der Waals surface area contributed by atoms with Crippen LogP contribution in [0.3, 0.4) is 0 Å². The van der Waals surface area contributed by atoms with E-state index in [4.69, 9.17) is 9.15 Å². The number of rotatable bonds is 8. The van der Waals surface area contributed by atoms with Crippen molar-refractivity contribution in [2.75, 3.05) is 30.8 Å². The first-order chi connectivity index (χ1) is 23.1. The molecular formula is C36H34N4O7S. The predicted molar refractivity (Wildman–Crippen MR) is 178 cm³/mol. The van der Waals surface area contributed by atoms with Crippen LogP contribution in [0.4, 0.5) is 5.69 Å². The van der Waals surface area contributed by atoms with E-state index in [2.05, 4.69) is 26.5 Å². The summed E-state index contributed by atoms with van der Waals surface area (Å²) in [7, 11) is -3.55. The average molecular weight is 667 g/mol. The van der Waals surface area contributed by atoms with Crippen LogP contribution in [0.5, 0.6) is 0 Å². The Labute approximate surface area is 278 Å². The number of amides is 3. The van der Waals surface area contributed by atoms with Crippen molar-refractivity contribution >= 4 is 39.1 Å². The van der Waals surface area contributed by atoms with Gasteiger partial charge in [0.1, 0.15) is 5.75 Å². The lowest BCUT2D eigenvalue weighted by Crippen LogP contribution is -2.45. The second kappa shape index (κ2) is 15.4. The Hall–Kier alpha value is -5.54. The minimum atomic E-state index is -3.55. The smallest absolute Gasteiger partial charge is 0.310 e. The van der Waals surface area contributed by atoms with Crippen molar-refractivity contribution in [1.29, 1.82) is 0 Å². The Morgan fingerprint density at radius 3 is 2.58 bits per heavy atom. The van der Waals surface area contributed by atoms with Gasteiger partial charge in [-0.05, 0) is 69.2 Å². The number of esters is 1. The van der Waals surface area contributed by atoms with E-state index >= 15 is 0 Å².